The molecule has 3 heterocycles. The zero-order valence-corrected chi connectivity index (χ0v) is 15.9. The van der Waals surface area contributed by atoms with Gasteiger partial charge in [-0.2, -0.15) is 0 Å². The lowest BCUT2D eigenvalue weighted by atomic mass is 10.1. The van der Waals surface area contributed by atoms with Crippen LogP contribution < -0.4 is 10.2 Å². The molecule has 1 saturated heterocycles. The molecular formula is C20H24N6O2. The van der Waals surface area contributed by atoms with Gasteiger partial charge in [0.2, 0.25) is 11.9 Å². The van der Waals surface area contributed by atoms with Crippen LogP contribution in [0, 0.1) is 6.92 Å². The van der Waals surface area contributed by atoms with Crippen LogP contribution in [0.25, 0.3) is 11.0 Å². The number of hydrogen-bond donors (Lipinski definition) is 2. The summed E-state index contributed by atoms with van der Waals surface area (Å²) in [5.74, 6) is 1.31. The summed E-state index contributed by atoms with van der Waals surface area (Å²) in [5, 5.41) is 3.05. The Hall–Kier alpha value is -3.00. The van der Waals surface area contributed by atoms with Crippen LogP contribution in [0.15, 0.2) is 36.7 Å². The fourth-order valence-corrected chi connectivity index (χ4v) is 3.49. The first-order chi connectivity index (χ1) is 13.7. The summed E-state index contributed by atoms with van der Waals surface area (Å²) < 4.78 is 5.55. The lowest BCUT2D eigenvalue weighted by Gasteiger charge is -2.33. The number of aromatic amines is 1. The predicted octanol–water partition coefficient (Wildman–Crippen LogP) is 1.96. The van der Waals surface area contributed by atoms with Crippen LogP contribution in [0.3, 0.4) is 0 Å². The lowest BCUT2D eigenvalue weighted by molar-refractivity contribution is -0.126. The number of carbonyl (C=O) groups is 1. The minimum absolute atomic E-state index is 0.00834. The number of ether oxygens (including phenoxy) is 1. The van der Waals surface area contributed by atoms with Crippen LogP contribution in [-0.4, -0.2) is 51.6 Å². The van der Waals surface area contributed by atoms with E-state index in [0.29, 0.717) is 12.5 Å². The molecule has 0 radical (unpaired) electrons. The predicted molar refractivity (Wildman–Crippen MR) is 106 cm³/mol. The van der Waals surface area contributed by atoms with Gasteiger partial charge in [-0.1, -0.05) is 6.07 Å². The van der Waals surface area contributed by atoms with E-state index in [1.807, 2.05) is 25.1 Å². The summed E-state index contributed by atoms with van der Waals surface area (Å²) in [5.41, 5.74) is 3.05. The summed E-state index contributed by atoms with van der Waals surface area (Å²) in [4.78, 5) is 30.6. The van der Waals surface area contributed by atoms with Crippen LogP contribution in [0.4, 0.5) is 5.95 Å². The van der Waals surface area contributed by atoms with Crippen LogP contribution >= 0.6 is 0 Å². The normalized spacial score (nSPS) is 17.0. The molecule has 1 fully saturated rings. The van der Waals surface area contributed by atoms with E-state index in [1.165, 1.54) is 5.56 Å². The number of benzene rings is 1. The second-order valence-corrected chi connectivity index (χ2v) is 7.10. The molecule has 0 saturated carbocycles. The number of aryl methyl sites for hydroxylation is 1. The summed E-state index contributed by atoms with van der Waals surface area (Å²) in [6.07, 6.45) is 5.40. The van der Waals surface area contributed by atoms with Crippen molar-refractivity contribution >= 4 is 22.9 Å². The highest BCUT2D eigenvalue weighted by molar-refractivity contribution is 5.77. The van der Waals surface area contributed by atoms with E-state index < -0.39 is 0 Å². The van der Waals surface area contributed by atoms with Crippen molar-refractivity contribution < 1.29 is 9.53 Å². The van der Waals surface area contributed by atoms with Gasteiger partial charge in [-0.25, -0.2) is 15.0 Å². The Balaban J connectivity index is 1.24. The summed E-state index contributed by atoms with van der Waals surface area (Å²) in [7, 11) is 0. The zero-order chi connectivity index (χ0) is 19.3. The highest BCUT2D eigenvalue weighted by atomic mass is 16.5. The number of fused-ring (bicyclic) bond motifs is 1. The van der Waals surface area contributed by atoms with E-state index in [-0.39, 0.29) is 25.2 Å². The monoisotopic (exact) mass is 380 g/mol. The van der Waals surface area contributed by atoms with Gasteiger partial charge in [0.05, 0.1) is 11.0 Å². The second kappa shape index (κ2) is 8.35. The van der Waals surface area contributed by atoms with E-state index in [0.717, 1.165) is 36.2 Å². The van der Waals surface area contributed by atoms with Gasteiger partial charge in [0, 0.05) is 31.5 Å². The number of hydrogen-bond acceptors (Lipinski definition) is 6. The highest BCUT2D eigenvalue weighted by Crippen LogP contribution is 2.16. The minimum atomic E-state index is -0.118. The maximum absolute atomic E-state index is 12.2. The Morgan fingerprint density at radius 1 is 1.36 bits per heavy atom. The van der Waals surface area contributed by atoms with E-state index >= 15 is 0 Å². The number of carbonyl (C=O) groups excluding carboxylic acids is 1. The largest absolute Gasteiger partial charge is 0.364 e. The molecule has 28 heavy (non-hydrogen) atoms. The summed E-state index contributed by atoms with van der Waals surface area (Å²) in [6, 6.07) is 7.91. The van der Waals surface area contributed by atoms with Gasteiger partial charge in [-0.3, -0.25) is 4.79 Å². The van der Waals surface area contributed by atoms with E-state index in [9.17, 15) is 4.79 Å². The SMILES string of the molecule is Cc1ccc2nc(COCC(=O)NC3CCCN(c4ncccn4)C3)[nH]c2c1. The molecular weight excluding hydrogens is 356 g/mol. The van der Waals surface area contributed by atoms with Gasteiger partial charge in [0.15, 0.2) is 0 Å². The van der Waals surface area contributed by atoms with E-state index in [4.69, 9.17) is 4.74 Å². The Labute approximate surface area is 163 Å². The first-order valence-corrected chi connectivity index (χ1v) is 9.52. The summed E-state index contributed by atoms with van der Waals surface area (Å²) >= 11 is 0. The molecule has 2 aromatic heterocycles. The van der Waals surface area contributed by atoms with Gasteiger partial charge in [-0.15, -0.1) is 0 Å². The van der Waals surface area contributed by atoms with Crippen molar-refractivity contribution in [3.8, 4) is 0 Å². The van der Waals surface area contributed by atoms with Gasteiger partial charge in [0.25, 0.3) is 0 Å². The lowest BCUT2D eigenvalue weighted by Crippen LogP contribution is -2.49. The number of imidazole rings is 1. The van der Waals surface area contributed by atoms with Gasteiger partial charge in [-0.05, 0) is 43.5 Å². The van der Waals surface area contributed by atoms with E-state index in [2.05, 4.69) is 30.2 Å². The van der Waals surface area contributed by atoms with Crippen molar-refractivity contribution in [2.45, 2.75) is 32.4 Å². The molecule has 1 aliphatic rings. The minimum Gasteiger partial charge on any atom is -0.364 e. The first kappa shape index (κ1) is 18.4. The maximum atomic E-state index is 12.2. The number of aromatic nitrogens is 4. The quantitative estimate of drug-likeness (QED) is 0.679. The number of nitrogens with zero attached hydrogens (tertiary/aromatic N) is 4. The number of anilines is 1. The molecule has 1 aromatic carbocycles. The van der Waals surface area contributed by atoms with Crippen molar-refractivity contribution in [2.75, 3.05) is 24.6 Å². The highest BCUT2D eigenvalue weighted by Gasteiger charge is 2.22. The zero-order valence-electron chi connectivity index (χ0n) is 15.9. The summed E-state index contributed by atoms with van der Waals surface area (Å²) in [6.45, 7) is 3.93. The number of piperidine rings is 1. The number of rotatable bonds is 6. The van der Waals surface area contributed by atoms with Gasteiger partial charge in [0.1, 0.15) is 19.0 Å². The molecule has 8 nitrogen and oxygen atoms in total. The Bertz CT molecular complexity index is 942. The molecule has 146 valence electrons. The molecule has 4 rings (SSSR count). The van der Waals surface area contributed by atoms with E-state index in [1.54, 1.807) is 18.5 Å². The Morgan fingerprint density at radius 3 is 3.07 bits per heavy atom. The Morgan fingerprint density at radius 2 is 2.21 bits per heavy atom. The molecule has 0 spiro atoms. The van der Waals surface area contributed by atoms with Crippen molar-refractivity contribution in [3.63, 3.8) is 0 Å². The molecule has 1 amide bonds. The van der Waals surface area contributed by atoms with Crippen molar-refractivity contribution in [2.24, 2.45) is 0 Å². The van der Waals surface area contributed by atoms with Crippen LogP contribution in [-0.2, 0) is 16.1 Å². The standard InChI is InChI=1S/C20H24N6O2/c1-14-5-6-16-17(10-14)25-18(24-16)12-28-13-19(27)23-15-4-2-9-26(11-15)20-21-7-3-8-22-20/h3,5-8,10,15H,2,4,9,11-13H2,1H3,(H,23,27)(H,24,25). The first-order valence-electron chi connectivity index (χ1n) is 9.52. The van der Waals surface area contributed by atoms with Crippen molar-refractivity contribution in [1.82, 2.24) is 25.3 Å². The fraction of sp³-hybridized carbons (Fsp3) is 0.400. The maximum Gasteiger partial charge on any atom is 0.246 e. The molecule has 1 aliphatic heterocycles. The fourth-order valence-electron chi connectivity index (χ4n) is 3.49. The molecule has 2 N–H and O–H groups in total. The van der Waals surface area contributed by atoms with Crippen LogP contribution in [0.1, 0.15) is 24.2 Å². The number of nitrogens with one attached hydrogen (secondary N) is 2. The third kappa shape index (κ3) is 4.45. The van der Waals surface area contributed by atoms with Crippen molar-refractivity contribution in [1.29, 1.82) is 0 Å². The molecule has 0 aliphatic carbocycles. The molecule has 1 atom stereocenters. The number of H-pyrrole nitrogens is 1. The molecule has 0 bridgehead atoms. The van der Waals surface area contributed by atoms with Gasteiger partial charge >= 0.3 is 0 Å². The smallest absolute Gasteiger partial charge is 0.246 e. The third-order valence-electron chi connectivity index (χ3n) is 4.78. The number of amides is 1. The second-order valence-electron chi connectivity index (χ2n) is 7.10. The van der Waals surface area contributed by atoms with Gasteiger partial charge < -0.3 is 19.9 Å². The molecule has 3 aromatic rings. The average molecular weight is 380 g/mol. The molecule has 1 unspecified atom stereocenters. The topological polar surface area (TPSA) is 96.0 Å². The van der Waals surface area contributed by atoms with Crippen LogP contribution in [0.5, 0.6) is 0 Å². The molecule has 8 heteroatoms. The third-order valence-corrected chi connectivity index (χ3v) is 4.78. The Kier molecular flexibility index (Phi) is 5.48. The van der Waals surface area contributed by atoms with Crippen LogP contribution in [0.2, 0.25) is 0 Å². The average Bonchev–Trinajstić information content (AvgIpc) is 3.10. The van der Waals surface area contributed by atoms with Crippen molar-refractivity contribution in [3.05, 3.63) is 48.0 Å².